The Hall–Kier alpha value is -1.10. The van der Waals surface area contributed by atoms with Crippen molar-refractivity contribution in [3.63, 3.8) is 0 Å². The maximum absolute atomic E-state index is 12.7. The molecule has 0 bridgehead atoms. The quantitative estimate of drug-likeness (QED) is 0.792. The van der Waals surface area contributed by atoms with Gasteiger partial charge in [-0.25, -0.2) is 0 Å². The number of piperidine rings is 1. The van der Waals surface area contributed by atoms with Gasteiger partial charge >= 0.3 is 0 Å². The summed E-state index contributed by atoms with van der Waals surface area (Å²) in [6.45, 7) is 2.57. The Morgan fingerprint density at radius 1 is 1.09 bits per heavy atom. The van der Waals surface area contributed by atoms with E-state index in [4.69, 9.17) is 10.5 Å². The summed E-state index contributed by atoms with van der Waals surface area (Å²) in [5.74, 6) is -0.308. The molecule has 1 saturated carbocycles. The van der Waals surface area contributed by atoms with Crippen LogP contribution < -0.4 is 5.73 Å². The fourth-order valence-electron chi connectivity index (χ4n) is 3.69. The van der Waals surface area contributed by atoms with Gasteiger partial charge < -0.3 is 15.4 Å². The lowest BCUT2D eigenvalue weighted by Gasteiger charge is -2.37. The second-order valence-electron chi connectivity index (χ2n) is 6.74. The number of ether oxygens (including phenoxy) is 1. The first-order chi connectivity index (χ1) is 10.6. The lowest BCUT2D eigenvalue weighted by Crippen LogP contribution is -2.49. The van der Waals surface area contributed by atoms with Crippen molar-refractivity contribution in [3.05, 3.63) is 0 Å². The third kappa shape index (κ3) is 4.97. The van der Waals surface area contributed by atoms with E-state index in [9.17, 15) is 9.59 Å². The number of primary amides is 1. The Morgan fingerprint density at radius 3 is 2.36 bits per heavy atom. The normalized spacial score (nSPS) is 25.5. The van der Waals surface area contributed by atoms with E-state index in [-0.39, 0.29) is 30.4 Å². The SMILES string of the molecule is C[C@@H](OC1CCCCCC1)C(=O)N1CCCC[C@H]1CC(N)=O. The van der Waals surface area contributed by atoms with Crippen molar-refractivity contribution in [1.82, 2.24) is 4.90 Å². The number of likely N-dealkylation sites (tertiary alicyclic amines) is 1. The van der Waals surface area contributed by atoms with Gasteiger partial charge in [-0.2, -0.15) is 0 Å². The summed E-state index contributed by atoms with van der Waals surface area (Å²) < 4.78 is 6.03. The molecule has 1 aliphatic carbocycles. The van der Waals surface area contributed by atoms with Gasteiger partial charge in [-0.3, -0.25) is 9.59 Å². The van der Waals surface area contributed by atoms with Crippen LogP contribution in [0.4, 0.5) is 0 Å². The van der Waals surface area contributed by atoms with Gasteiger partial charge in [-0.15, -0.1) is 0 Å². The van der Waals surface area contributed by atoms with Gasteiger partial charge in [0.15, 0.2) is 0 Å². The lowest BCUT2D eigenvalue weighted by molar-refractivity contribution is -0.151. The monoisotopic (exact) mass is 310 g/mol. The van der Waals surface area contributed by atoms with Crippen molar-refractivity contribution < 1.29 is 14.3 Å². The van der Waals surface area contributed by atoms with Crippen LogP contribution in [0.25, 0.3) is 0 Å². The minimum atomic E-state index is -0.420. The molecule has 0 radical (unpaired) electrons. The molecule has 126 valence electrons. The Bertz CT molecular complexity index is 378. The third-order valence-electron chi connectivity index (χ3n) is 4.89. The molecule has 2 rings (SSSR count). The van der Waals surface area contributed by atoms with Crippen LogP contribution in [0.5, 0.6) is 0 Å². The number of amides is 2. The standard InChI is InChI=1S/C17H30N2O3/c1-13(22-15-9-4-2-3-5-10-15)17(21)19-11-7-6-8-14(19)12-16(18)20/h13-15H,2-12H2,1H3,(H2,18,20)/t13-,14+/m1/s1. The van der Waals surface area contributed by atoms with Gasteiger partial charge in [-0.05, 0) is 39.0 Å². The first kappa shape index (κ1) is 17.3. The molecule has 0 aromatic carbocycles. The lowest BCUT2D eigenvalue weighted by atomic mass is 9.98. The second-order valence-corrected chi connectivity index (χ2v) is 6.74. The Morgan fingerprint density at radius 2 is 1.73 bits per heavy atom. The van der Waals surface area contributed by atoms with Crippen LogP contribution in [-0.2, 0) is 14.3 Å². The zero-order valence-corrected chi connectivity index (χ0v) is 13.8. The molecule has 0 spiro atoms. The molecule has 1 aliphatic heterocycles. The smallest absolute Gasteiger partial charge is 0.251 e. The van der Waals surface area contributed by atoms with E-state index in [2.05, 4.69) is 0 Å². The number of hydrogen-bond donors (Lipinski definition) is 1. The van der Waals surface area contributed by atoms with Gasteiger partial charge in [0.25, 0.3) is 5.91 Å². The number of nitrogens with zero attached hydrogens (tertiary/aromatic N) is 1. The predicted octanol–water partition coefficient (Wildman–Crippen LogP) is 2.37. The Balaban J connectivity index is 1.90. The van der Waals surface area contributed by atoms with Crippen molar-refractivity contribution >= 4 is 11.8 Å². The molecule has 2 amide bonds. The summed E-state index contributed by atoms with van der Waals surface area (Å²) >= 11 is 0. The number of hydrogen-bond acceptors (Lipinski definition) is 3. The number of carbonyl (C=O) groups is 2. The summed E-state index contributed by atoms with van der Waals surface area (Å²) in [5, 5.41) is 0. The highest BCUT2D eigenvalue weighted by Gasteiger charge is 2.32. The molecule has 0 aromatic heterocycles. The number of rotatable bonds is 5. The number of carbonyl (C=O) groups excluding carboxylic acids is 2. The summed E-state index contributed by atoms with van der Waals surface area (Å²) in [4.78, 5) is 25.7. The first-order valence-electron chi connectivity index (χ1n) is 8.82. The maximum atomic E-state index is 12.7. The van der Waals surface area contributed by atoms with E-state index < -0.39 is 6.10 Å². The highest BCUT2D eigenvalue weighted by molar-refractivity contribution is 5.82. The highest BCUT2D eigenvalue weighted by atomic mass is 16.5. The van der Waals surface area contributed by atoms with Gasteiger partial charge in [0, 0.05) is 19.0 Å². The van der Waals surface area contributed by atoms with Crippen molar-refractivity contribution in [2.75, 3.05) is 6.54 Å². The third-order valence-corrected chi connectivity index (χ3v) is 4.89. The van der Waals surface area contributed by atoms with E-state index in [1.807, 2.05) is 11.8 Å². The Labute approximate surface area is 133 Å². The van der Waals surface area contributed by atoms with Crippen LogP contribution in [0.15, 0.2) is 0 Å². The molecule has 1 heterocycles. The van der Waals surface area contributed by atoms with E-state index in [0.717, 1.165) is 38.6 Å². The molecule has 0 unspecified atom stereocenters. The first-order valence-corrected chi connectivity index (χ1v) is 8.82. The van der Waals surface area contributed by atoms with E-state index in [1.165, 1.54) is 25.7 Å². The molecular formula is C17H30N2O3. The molecule has 5 nitrogen and oxygen atoms in total. The molecule has 0 aromatic rings. The van der Waals surface area contributed by atoms with Gasteiger partial charge in [0.1, 0.15) is 6.10 Å². The van der Waals surface area contributed by atoms with Crippen molar-refractivity contribution in [2.45, 2.75) is 89.4 Å². The number of nitrogens with two attached hydrogens (primary N) is 1. The largest absolute Gasteiger partial charge is 0.370 e. The average molecular weight is 310 g/mol. The summed E-state index contributed by atoms with van der Waals surface area (Å²) in [6.07, 6.45) is 10.0. The predicted molar refractivity (Wildman–Crippen MR) is 85.2 cm³/mol. The fourth-order valence-corrected chi connectivity index (χ4v) is 3.69. The van der Waals surface area contributed by atoms with Crippen molar-refractivity contribution in [3.8, 4) is 0 Å². The van der Waals surface area contributed by atoms with Crippen LogP contribution in [0.1, 0.15) is 71.1 Å². The highest BCUT2D eigenvalue weighted by Crippen LogP contribution is 2.24. The molecule has 2 N–H and O–H groups in total. The molecule has 5 heteroatoms. The minimum absolute atomic E-state index is 0.0233. The topological polar surface area (TPSA) is 72.6 Å². The second kappa shape index (κ2) is 8.51. The van der Waals surface area contributed by atoms with Gasteiger partial charge in [-0.1, -0.05) is 25.7 Å². The molecule has 1 saturated heterocycles. The molecule has 2 atom stereocenters. The van der Waals surface area contributed by atoms with Crippen LogP contribution in [0.3, 0.4) is 0 Å². The van der Waals surface area contributed by atoms with E-state index in [1.54, 1.807) is 0 Å². The average Bonchev–Trinajstić information content (AvgIpc) is 2.75. The van der Waals surface area contributed by atoms with E-state index >= 15 is 0 Å². The van der Waals surface area contributed by atoms with Crippen LogP contribution >= 0.6 is 0 Å². The zero-order valence-electron chi connectivity index (χ0n) is 13.8. The van der Waals surface area contributed by atoms with Crippen LogP contribution in [0.2, 0.25) is 0 Å². The zero-order chi connectivity index (χ0) is 15.9. The summed E-state index contributed by atoms with van der Waals surface area (Å²) in [5.41, 5.74) is 5.32. The molecule has 2 fully saturated rings. The van der Waals surface area contributed by atoms with Gasteiger partial charge in [0.2, 0.25) is 5.91 Å². The van der Waals surface area contributed by atoms with Crippen LogP contribution in [-0.4, -0.2) is 41.5 Å². The fraction of sp³-hybridized carbons (Fsp3) is 0.882. The van der Waals surface area contributed by atoms with Crippen molar-refractivity contribution in [2.24, 2.45) is 5.73 Å². The summed E-state index contributed by atoms with van der Waals surface area (Å²) in [6, 6.07) is -0.0427. The Kier molecular flexibility index (Phi) is 6.68. The summed E-state index contributed by atoms with van der Waals surface area (Å²) in [7, 11) is 0. The van der Waals surface area contributed by atoms with Crippen LogP contribution in [0, 0.1) is 0 Å². The maximum Gasteiger partial charge on any atom is 0.251 e. The molecule has 2 aliphatic rings. The molecule has 22 heavy (non-hydrogen) atoms. The van der Waals surface area contributed by atoms with E-state index in [0.29, 0.717) is 0 Å². The van der Waals surface area contributed by atoms with Crippen molar-refractivity contribution in [1.29, 1.82) is 0 Å². The van der Waals surface area contributed by atoms with Gasteiger partial charge in [0.05, 0.1) is 6.10 Å². The molecular weight excluding hydrogens is 280 g/mol. The minimum Gasteiger partial charge on any atom is -0.370 e.